The average molecular weight is 375 g/mol. The molecule has 1 unspecified atom stereocenters. The van der Waals surface area contributed by atoms with Gasteiger partial charge in [-0.25, -0.2) is 4.98 Å². The molecule has 3 nitrogen and oxygen atoms in total. The number of piperidine rings is 2. The number of carbonyl (C=O) groups excluding carboxylic acids is 1. The molecule has 0 radical (unpaired) electrons. The summed E-state index contributed by atoms with van der Waals surface area (Å²) in [6, 6.07) is 6.92. The van der Waals surface area contributed by atoms with Crippen LogP contribution in [0.25, 0.3) is 10.2 Å². The molecule has 2 aliphatic carbocycles. The lowest BCUT2D eigenvalue weighted by Crippen LogP contribution is -2.59. The predicted molar refractivity (Wildman–Crippen MR) is 102 cm³/mol. The molecule has 4 bridgehead atoms. The third-order valence-electron chi connectivity index (χ3n) is 6.45. The summed E-state index contributed by atoms with van der Waals surface area (Å²) in [4.78, 5) is 20.1. The summed E-state index contributed by atoms with van der Waals surface area (Å²) in [5.41, 5.74) is 0.874. The number of halogens is 1. The van der Waals surface area contributed by atoms with Crippen LogP contribution in [-0.4, -0.2) is 27.9 Å². The van der Waals surface area contributed by atoms with E-state index < -0.39 is 0 Å². The highest BCUT2D eigenvalue weighted by Crippen LogP contribution is 2.49. The van der Waals surface area contributed by atoms with Gasteiger partial charge in [0, 0.05) is 24.4 Å². The van der Waals surface area contributed by atoms with E-state index in [1.807, 2.05) is 12.1 Å². The molecule has 1 amide bonds. The van der Waals surface area contributed by atoms with E-state index in [0.717, 1.165) is 27.1 Å². The first-order valence-electron chi connectivity index (χ1n) is 9.44. The van der Waals surface area contributed by atoms with Crippen molar-refractivity contribution in [2.24, 2.45) is 11.8 Å². The van der Waals surface area contributed by atoms with E-state index in [1.54, 1.807) is 11.3 Å². The van der Waals surface area contributed by atoms with Crippen molar-refractivity contribution < 1.29 is 4.79 Å². The Morgan fingerprint density at radius 2 is 1.92 bits per heavy atom. The number of hydrogen-bond acceptors (Lipinski definition) is 3. The lowest BCUT2D eigenvalue weighted by Gasteiger charge is -2.56. The number of carbonyl (C=O) groups is 1. The van der Waals surface area contributed by atoms with Crippen LogP contribution in [-0.2, 0) is 4.79 Å². The summed E-state index contributed by atoms with van der Waals surface area (Å²) < 4.78 is 1.11. The molecule has 2 saturated heterocycles. The standard InChI is InChI=1S/C20H23ClN2OS/c1-11(20-22-19-16(21)3-2-4-17(19)25-20)5-18(24)23-14-7-12-6-13(9-14)10-15(23)8-12/h2-4,11-15H,5-10H2,1H3. The highest BCUT2D eigenvalue weighted by molar-refractivity contribution is 7.18. The molecule has 0 spiro atoms. The van der Waals surface area contributed by atoms with Crippen LogP contribution in [0.5, 0.6) is 0 Å². The maximum atomic E-state index is 13.1. The highest BCUT2D eigenvalue weighted by atomic mass is 35.5. The number of para-hydroxylation sites is 1. The predicted octanol–water partition coefficient (Wildman–Crippen LogP) is 5.23. The van der Waals surface area contributed by atoms with Crippen LogP contribution in [0, 0.1) is 11.8 Å². The number of rotatable bonds is 3. The van der Waals surface area contributed by atoms with Gasteiger partial charge in [-0.3, -0.25) is 4.79 Å². The number of thiazole rings is 1. The van der Waals surface area contributed by atoms with Gasteiger partial charge < -0.3 is 4.90 Å². The van der Waals surface area contributed by atoms with Crippen LogP contribution in [0.3, 0.4) is 0 Å². The second-order valence-corrected chi connectivity index (χ2v) is 9.73. The number of nitrogens with zero attached hydrogens (tertiary/aromatic N) is 2. The Balaban J connectivity index is 1.34. The summed E-state index contributed by atoms with van der Waals surface area (Å²) in [5, 5.41) is 1.73. The number of aromatic nitrogens is 1. The van der Waals surface area contributed by atoms with Gasteiger partial charge in [0.15, 0.2) is 0 Å². The molecule has 1 aromatic carbocycles. The molecule has 5 heteroatoms. The van der Waals surface area contributed by atoms with Gasteiger partial charge in [-0.2, -0.15) is 0 Å². The minimum atomic E-state index is 0.151. The molecule has 25 heavy (non-hydrogen) atoms. The van der Waals surface area contributed by atoms with E-state index in [0.29, 0.717) is 29.4 Å². The van der Waals surface area contributed by atoms with Gasteiger partial charge in [0.05, 0.1) is 14.7 Å². The Hall–Kier alpha value is -1.13. The first-order chi connectivity index (χ1) is 12.1. The smallest absolute Gasteiger partial charge is 0.223 e. The Bertz CT molecular complexity index is 804. The van der Waals surface area contributed by atoms with Crippen molar-refractivity contribution in [3.05, 3.63) is 28.2 Å². The van der Waals surface area contributed by atoms with Crippen molar-refractivity contribution in [2.45, 2.75) is 63.5 Å². The molecular formula is C20H23ClN2OS. The van der Waals surface area contributed by atoms with Gasteiger partial charge in [0.25, 0.3) is 0 Å². The third-order valence-corrected chi connectivity index (χ3v) is 8.01. The SMILES string of the molecule is CC(CC(=O)N1C2CC3CC(C2)CC1C3)c1nc2c(Cl)cccc2s1. The van der Waals surface area contributed by atoms with Crippen LogP contribution < -0.4 is 0 Å². The Morgan fingerprint density at radius 3 is 2.56 bits per heavy atom. The molecule has 2 saturated carbocycles. The molecule has 6 rings (SSSR count). The maximum absolute atomic E-state index is 13.1. The Labute approximate surface area is 157 Å². The fourth-order valence-electron chi connectivity index (χ4n) is 5.54. The van der Waals surface area contributed by atoms with Crippen molar-refractivity contribution in [1.29, 1.82) is 0 Å². The fraction of sp³-hybridized carbons (Fsp3) is 0.600. The monoisotopic (exact) mass is 374 g/mol. The summed E-state index contributed by atoms with van der Waals surface area (Å²) in [6.45, 7) is 2.13. The number of hydrogen-bond donors (Lipinski definition) is 0. The fourth-order valence-corrected chi connectivity index (χ4v) is 6.86. The van der Waals surface area contributed by atoms with E-state index >= 15 is 0 Å². The molecule has 0 N–H and O–H groups in total. The molecule has 2 aromatic rings. The van der Waals surface area contributed by atoms with Crippen LogP contribution in [0.4, 0.5) is 0 Å². The average Bonchev–Trinajstić information content (AvgIpc) is 2.99. The minimum absolute atomic E-state index is 0.151. The molecular weight excluding hydrogens is 352 g/mol. The number of benzene rings is 1. The molecule has 1 atom stereocenters. The van der Waals surface area contributed by atoms with Gasteiger partial charge in [0.2, 0.25) is 5.91 Å². The number of fused-ring (bicyclic) bond motifs is 1. The van der Waals surface area contributed by atoms with E-state index in [4.69, 9.17) is 16.6 Å². The van der Waals surface area contributed by atoms with Crippen molar-refractivity contribution in [1.82, 2.24) is 9.88 Å². The largest absolute Gasteiger partial charge is 0.337 e. The summed E-state index contributed by atoms with van der Waals surface area (Å²) in [6.07, 6.45) is 6.94. The number of amides is 1. The van der Waals surface area contributed by atoms with Gasteiger partial charge in [-0.05, 0) is 56.1 Å². The van der Waals surface area contributed by atoms with E-state index in [-0.39, 0.29) is 5.92 Å². The summed E-state index contributed by atoms with van der Waals surface area (Å²) >= 11 is 7.92. The first-order valence-corrected chi connectivity index (χ1v) is 10.6. The topological polar surface area (TPSA) is 33.2 Å². The second-order valence-electron chi connectivity index (χ2n) is 8.26. The van der Waals surface area contributed by atoms with Gasteiger partial charge >= 0.3 is 0 Å². The quantitative estimate of drug-likeness (QED) is 0.736. The van der Waals surface area contributed by atoms with Crippen LogP contribution in [0.15, 0.2) is 18.2 Å². The molecule has 132 valence electrons. The Kier molecular flexibility index (Phi) is 3.83. The molecule has 3 heterocycles. The molecule has 4 aliphatic rings. The minimum Gasteiger partial charge on any atom is -0.337 e. The van der Waals surface area contributed by atoms with Crippen LogP contribution in [0.2, 0.25) is 5.02 Å². The van der Waals surface area contributed by atoms with E-state index in [1.165, 1.54) is 32.1 Å². The zero-order valence-corrected chi connectivity index (χ0v) is 16.0. The highest BCUT2D eigenvalue weighted by Gasteiger charge is 2.48. The molecule has 2 aliphatic heterocycles. The van der Waals surface area contributed by atoms with E-state index in [2.05, 4.69) is 17.9 Å². The second kappa shape index (κ2) is 5.95. The summed E-state index contributed by atoms with van der Waals surface area (Å²) in [7, 11) is 0. The third kappa shape index (κ3) is 2.69. The molecule has 1 aromatic heterocycles. The lowest BCUT2D eigenvalue weighted by atomic mass is 9.63. The van der Waals surface area contributed by atoms with Gasteiger partial charge in [0.1, 0.15) is 5.52 Å². The van der Waals surface area contributed by atoms with Crippen molar-refractivity contribution in [3.8, 4) is 0 Å². The van der Waals surface area contributed by atoms with Crippen LogP contribution >= 0.6 is 22.9 Å². The van der Waals surface area contributed by atoms with Crippen molar-refractivity contribution >= 4 is 39.1 Å². The first kappa shape index (κ1) is 16.1. The lowest BCUT2D eigenvalue weighted by molar-refractivity contribution is -0.149. The zero-order chi connectivity index (χ0) is 17.1. The zero-order valence-electron chi connectivity index (χ0n) is 14.5. The Morgan fingerprint density at radius 1 is 1.24 bits per heavy atom. The van der Waals surface area contributed by atoms with Crippen molar-refractivity contribution in [3.63, 3.8) is 0 Å². The van der Waals surface area contributed by atoms with Gasteiger partial charge in [-0.1, -0.05) is 24.6 Å². The van der Waals surface area contributed by atoms with Crippen LogP contribution in [0.1, 0.15) is 56.4 Å². The maximum Gasteiger partial charge on any atom is 0.223 e. The normalized spacial score (nSPS) is 31.7. The summed E-state index contributed by atoms with van der Waals surface area (Å²) in [5.74, 6) is 2.26. The van der Waals surface area contributed by atoms with E-state index in [9.17, 15) is 4.79 Å². The van der Waals surface area contributed by atoms with Crippen molar-refractivity contribution in [2.75, 3.05) is 0 Å². The molecule has 4 fully saturated rings. The van der Waals surface area contributed by atoms with Gasteiger partial charge in [-0.15, -0.1) is 11.3 Å².